The Hall–Kier alpha value is -1.96. The highest BCUT2D eigenvalue weighted by atomic mass is 35.5. The summed E-state index contributed by atoms with van der Waals surface area (Å²) in [5, 5.41) is 13.8. The van der Waals surface area contributed by atoms with E-state index in [4.69, 9.17) is 39.9 Å². The van der Waals surface area contributed by atoms with Gasteiger partial charge in [0.1, 0.15) is 5.02 Å². The molecule has 0 spiro atoms. The number of piperazine rings is 1. The van der Waals surface area contributed by atoms with E-state index < -0.39 is 6.09 Å². The van der Waals surface area contributed by atoms with Crippen molar-refractivity contribution in [1.82, 2.24) is 14.9 Å². The van der Waals surface area contributed by atoms with E-state index in [9.17, 15) is 4.79 Å². The molecule has 1 atom stereocenters. The van der Waals surface area contributed by atoms with Gasteiger partial charge >= 0.3 is 6.09 Å². The molecular formula is C17H18Cl3N5O2. The molecule has 1 aromatic carbocycles. The number of nitrogens with one attached hydrogen (secondary N) is 1. The fourth-order valence-electron chi connectivity index (χ4n) is 2.84. The van der Waals surface area contributed by atoms with E-state index >= 15 is 0 Å². The summed E-state index contributed by atoms with van der Waals surface area (Å²) in [5.74, 6) is 0.988. The van der Waals surface area contributed by atoms with Crippen molar-refractivity contribution < 1.29 is 9.90 Å². The fourth-order valence-corrected chi connectivity index (χ4v) is 3.56. The van der Waals surface area contributed by atoms with Gasteiger partial charge in [0.25, 0.3) is 0 Å². The maximum absolute atomic E-state index is 11.0. The number of halogens is 3. The number of amides is 1. The van der Waals surface area contributed by atoms with Crippen molar-refractivity contribution in [1.29, 1.82) is 0 Å². The molecule has 1 aliphatic rings. The van der Waals surface area contributed by atoms with Crippen LogP contribution >= 0.6 is 34.8 Å². The normalized spacial score (nSPS) is 15.6. The third-order valence-electron chi connectivity index (χ3n) is 4.35. The molecule has 0 bridgehead atoms. The Labute approximate surface area is 171 Å². The lowest BCUT2D eigenvalue weighted by Crippen LogP contribution is -2.48. The molecule has 27 heavy (non-hydrogen) atoms. The quantitative estimate of drug-likeness (QED) is 0.748. The van der Waals surface area contributed by atoms with Gasteiger partial charge in [-0.3, -0.25) is 0 Å². The van der Waals surface area contributed by atoms with Crippen LogP contribution in [0.25, 0.3) is 0 Å². The first-order chi connectivity index (χ1) is 12.8. The maximum atomic E-state index is 11.0. The van der Waals surface area contributed by atoms with Gasteiger partial charge in [-0.05, 0) is 24.6 Å². The van der Waals surface area contributed by atoms with E-state index in [2.05, 4.69) is 15.3 Å². The highest BCUT2D eigenvalue weighted by molar-refractivity contribution is 6.35. The van der Waals surface area contributed by atoms with Crippen molar-refractivity contribution in [2.75, 3.05) is 36.4 Å². The number of carboxylic acid groups (broad SMARTS) is 1. The molecule has 1 aliphatic heterocycles. The zero-order valence-corrected chi connectivity index (χ0v) is 16.8. The van der Waals surface area contributed by atoms with Crippen LogP contribution in [0.3, 0.4) is 0 Å². The third kappa shape index (κ3) is 4.66. The number of hydrogen-bond donors (Lipinski definition) is 2. The molecule has 1 fully saturated rings. The summed E-state index contributed by atoms with van der Waals surface area (Å²) in [6.07, 6.45) is 0.620. The molecule has 10 heteroatoms. The second-order valence-electron chi connectivity index (χ2n) is 6.16. The van der Waals surface area contributed by atoms with Gasteiger partial charge in [-0.25, -0.2) is 9.78 Å². The van der Waals surface area contributed by atoms with Crippen LogP contribution in [-0.4, -0.2) is 52.2 Å². The molecule has 1 aromatic heterocycles. The average Bonchev–Trinajstić information content (AvgIpc) is 2.63. The molecule has 0 saturated carbocycles. The van der Waals surface area contributed by atoms with E-state index in [0.29, 0.717) is 53.0 Å². The number of hydrogen-bond acceptors (Lipinski definition) is 5. The number of nitrogens with zero attached hydrogens (tertiary/aromatic N) is 4. The highest BCUT2D eigenvalue weighted by Gasteiger charge is 2.23. The van der Waals surface area contributed by atoms with Gasteiger partial charge in [0.05, 0.1) is 12.2 Å². The van der Waals surface area contributed by atoms with E-state index in [-0.39, 0.29) is 6.04 Å². The van der Waals surface area contributed by atoms with Crippen LogP contribution in [0.15, 0.2) is 24.4 Å². The lowest BCUT2D eigenvalue weighted by molar-refractivity contribution is 0.142. The number of carbonyl (C=O) groups is 1. The van der Waals surface area contributed by atoms with Crippen LogP contribution in [0, 0.1) is 0 Å². The molecule has 0 radical (unpaired) electrons. The first-order valence-corrected chi connectivity index (χ1v) is 9.45. The van der Waals surface area contributed by atoms with E-state index in [1.165, 1.54) is 11.1 Å². The Balaban J connectivity index is 1.75. The molecule has 7 nitrogen and oxygen atoms in total. The minimum absolute atomic E-state index is 0.154. The predicted octanol–water partition coefficient (Wildman–Crippen LogP) is 4.41. The zero-order valence-electron chi connectivity index (χ0n) is 14.5. The van der Waals surface area contributed by atoms with E-state index in [1.54, 1.807) is 12.1 Å². The van der Waals surface area contributed by atoms with Gasteiger partial charge in [0.15, 0.2) is 5.82 Å². The Kier molecular flexibility index (Phi) is 6.14. The summed E-state index contributed by atoms with van der Waals surface area (Å²) in [5.41, 5.74) is 0.868. The molecule has 2 heterocycles. The average molecular weight is 431 g/mol. The molecule has 1 amide bonds. The Morgan fingerprint density at radius 1 is 1.19 bits per heavy atom. The smallest absolute Gasteiger partial charge is 0.407 e. The summed E-state index contributed by atoms with van der Waals surface area (Å²) < 4.78 is 0. The minimum Gasteiger partial charge on any atom is -0.465 e. The Morgan fingerprint density at radius 3 is 2.52 bits per heavy atom. The maximum Gasteiger partial charge on any atom is 0.407 e. The Bertz CT molecular complexity index is 843. The first kappa shape index (κ1) is 19.8. The highest BCUT2D eigenvalue weighted by Crippen LogP contribution is 2.30. The van der Waals surface area contributed by atoms with Gasteiger partial charge < -0.3 is 20.2 Å². The number of benzene rings is 1. The SMILES string of the molecule is C[C@@H](Nc1nc(N2CCN(C(=O)O)CC2)ncc1Cl)c1ccc(Cl)cc1Cl. The summed E-state index contributed by atoms with van der Waals surface area (Å²) >= 11 is 18.5. The Morgan fingerprint density at radius 2 is 1.89 bits per heavy atom. The van der Waals surface area contributed by atoms with Gasteiger partial charge in [0.2, 0.25) is 5.95 Å². The van der Waals surface area contributed by atoms with E-state index in [1.807, 2.05) is 17.9 Å². The van der Waals surface area contributed by atoms with Crippen LogP contribution in [0.1, 0.15) is 18.5 Å². The van der Waals surface area contributed by atoms with Gasteiger partial charge in [-0.15, -0.1) is 0 Å². The lowest BCUT2D eigenvalue weighted by atomic mass is 10.1. The van der Waals surface area contributed by atoms with E-state index in [0.717, 1.165) is 5.56 Å². The molecule has 0 unspecified atom stereocenters. The van der Waals surface area contributed by atoms with Crippen molar-refractivity contribution in [3.05, 3.63) is 45.0 Å². The summed E-state index contributed by atoms with van der Waals surface area (Å²) in [7, 11) is 0. The number of anilines is 2. The zero-order chi connectivity index (χ0) is 19.6. The van der Waals surface area contributed by atoms with Crippen LogP contribution in [0.4, 0.5) is 16.6 Å². The predicted molar refractivity (Wildman–Crippen MR) is 107 cm³/mol. The van der Waals surface area contributed by atoms with Crippen molar-refractivity contribution in [2.45, 2.75) is 13.0 Å². The minimum atomic E-state index is -0.914. The molecule has 3 rings (SSSR count). The molecule has 144 valence electrons. The second-order valence-corrected chi connectivity index (χ2v) is 7.41. The van der Waals surface area contributed by atoms with Crippen molar-refractivity contribution in [3.63, 3.8) is 0 Å². The molecule has 2 aromatic rings. The van der Waals surface area contributed by atoms with Crippen LogP contribution < -0.4 is 10.2 Å². The van der Waals surface area contributed by atoms with Crippen molar-refractivity contribution in [2.24, 2.45) is 0 Å². The van der Waals surface area contributed by atoms with Gasteiger partial charge in [-0.1, -0.05) is 40.9 Å². The topological polar surface area (TPSA) is 81.6 Å². The summed E-state index contributed by atoms with van der Waals surface area (Å²) in [4.78, 5) is 23.1. The monoisotopic (exact) mass is 429 g/mol. The van der Waals surface area contributed by atoms with Crippen molar-refractivity contribution >= 4 is 52.7 Å². The third-order valence-corrected chi connectivity index (χ3v) is 5.19. The van der Waals surface area contributed by atoms with Crippen LogP contribution in [-0.2, 0) is 0 Å². The van der Waals surface area contributed by atoms with Crippen LogP contribution in [0.5, 0.6) is 0 Å². The fraction of sp³-hybridized carbons (Fsp3) is 0.353. The number of rotatable bonds is 4. The summed E-state index contributed by atoms with van der Waals surface area (Å²) in [6.45, 7) is 3.79. The number of aromatic nitrogens is 2. The largest absolute Gasteiger partial charge is 0.465 e. The second kappa shape index (κ2) is 8.37. The van der Waals surface area contributed by atoms with Crippen molar-refractivity contribution in [3.8, 4) is 0 Å². The van der Waals surface area contributed by atoms with Crippen LogP contribution in [0.2, 0.25) is 15.1 Å². The molecule has 2 N–H and O–H groups in total. The molecular weight excluding hydrogens is 413 g/mol. The first-order valence-electron chi connectivity index (χ1n) is 8.32. The lowest BCUT2D eigenvalue weighted by Gasteiger charge is -2.33. The standard InChI is InChI=1S/C17H18Cl3N5O2/c1-10(12-3-2-11(18)8-13(12)19)22-15-14(20)9-21-16(23-15)24-4-6-25(7-5-24)17(26)27/h2-3,8-10H,4-7H2,1H3,(H,26,27)(H,21,22,23)/t10-/m1/s1. The molecule has 1 saturated heterocycles. The molecule has 0 aliphatic carbocycles. The van der Waals surface area contributed by atoms with Gasteiger partial charge in [-0.2, -0.15) is 4.98 Å². The van der Waals surface area contributed by atoms with Gasteiger partial charge in [0, 0.05) is 36.2 Å². The summed E-state index contributed by atoms with van der Waals surface area (Å²) in [6, 6.07) is 5.16.